The number of benzene rings is 1. The number of hydrogen-bond acceptors (Lipinski definition) is 6. The zero-order chi connectivity index (χ0) is 20.4. The predicted octanol–water partition coefficient (Wildman–Crippen LogP) is 1.83. The molecule has 2 aliphatic heterocycles. The standard InChI is InChI=1S/C21H27N3O5/c1-27-17-10-15-16(11-18(17)28-2)22-14-24(20(15)26)7-3-4-19(25)23-8-5-21(12-23)6-9-29-13-21/h10-11,14H,3-9,12-13H2,1-2H3. The van der Waals surface area contributed by atoms with Crippen LogP contribution in [0.2, 0.25) is 0 Å². The smallest absolute Gasteiger partial charge is 0.261 e. The number of likely N-dealkylation sites (tertiary alicyclic amines) is 1. The Morgan fingerprint density at radius 1 is 1.24 bits per heavy atom. The summed E-state index contributed by atoms with van der Waals surface area (Å²) in [6.45, 7) is 3.62. The van der Waals surface area contributed by atoms with Crippen molar-refractivity contribution in [3.8, 4) is 11.5 Å². The van der Waals surface area contributed by atoms with Gasteiger partial charge in [0.15, 0.2) is 11.5 Å². The molecule has 1 atom stereocenters. The molecule has 0 bridgehead atoms. The number of carbonyl (C=O) groups excluding carboxylic acids is 1. The first-order chi connectivity index (χ1) is 14.0. The molecule has 1 amide bonds. The van der Waals surface area contributed by atoms with Crippen molar-refractivity contribution in [1.29, 1.82) is 0 Å². The van der Waals surface area contributed by atoms with Crippen molar-refractivity contribution in [3.63, 3.8) is 0 Å². The van der Waals surface area contributed by atoms with E-state index in [-0.39, 0.29) is 16.9 Å². The highest BCUT2D eigenvalue weighted by Gasteiger charge is 2.42. The number of carbonyl (C=O) groups is 1. The quantitative estimate of drug-likeness (QED) is 0.735. The van der Waals surface area contributed by atoms with Gasteiger partial charge in [0.05, 0.1) is 38.1 Å². The van der Waals surface area contributed by atoms with Crippen molar-refractivity contribution < 1.29 is 19.0 Å². The molecule has 8 nitrogen and oxygen atoms in total. The van der Waals surface area contributed by atoms with Gasteiger partial charge in [0.2, 0.25) is 5.91 Å². The van der Waals surface area contributed by atoms with E-state index >= 15 is 0 Å². The molecule has 1 unspecified atom stereocenters. The molecule has 2 saturated heterocycles. The molecule has 29 heavy (non-hydrogen) atoms. The minimum Gasteiger partial charge on any atom is -0.493 e. The van der Waals surface area contributed by atoms with E-state index in [9.17, 15) is 9.59 Å². The number of aromatic nitrogens is 2. The molecule has 3 heterocycles. The molecule has 0 saturated carbocycles. The predicted molar refractivity (Wildman–Crippen MR) is 107 cm³/mol. The molecule has 1 aromatic heterocycles. The van der Waals surface area contributed by atoms with Crippen LogP contribution in [-0.4, -0.2) is 60.9 Å². The van der Waals surface area contributed by atoms with Crippen LogP contribution in [0.1, 0.15) is 25.7 Å². The van der Waals surface area contributed by atoms with E-state index in [0.717, 1.165) is 39.1 Å². The number of rotatable bonds is 6. The molecule has 8 heteroatoms. The average molecular weight is 401 g/mol. The largest absolute Gasteiger partial charge is 0.493 e. The van der Waals surface area contributed by atoms with Crippen molar-refractivity contribution in [2.75, 3.05) is 40.5 Å². The summed E-state index contributed by atoms with van der Waals surface area (Å²) in [7, 11) is 3.08. The second kappa shape index (κ2) is 8.02. The van der Waals surface area contributed by atoms with Gasteiger partial charge in [0.1, 0.15) is 0 Å². The number of methoxy groups -OCH3 is 2. The van der Waals surface area contributed by atoms with E-state index in [1.165, 1.54) is 13.4 Å². The molecule has 4 rings (SSSR count). The summed E-state index contributed by atoms with van der Waals surface area (Å²) in [5.41, 5.74) is 0.586. The van der Waals surface area contributed by atoms with Gasteiger partial charge in [-0.25, -0.2) is 4.98 Å². The highest BCUT2D eigenvalue weighted by Crippen LogP contribution is 2.38. The molecular weight excluding hydrogens is 374 g/mol. The lowest BCUT2D eigenvalue weighted by Crippen LogP contribution is -2.32. The summed E-state index contributed by atoms with van der Waals surface area (Å²) in [6, 6.07) is 3.35. The highest BCUT2D eigenvalue weighted by molar-refractivity contribution is 5.81. The molecule has 2 aromatic rings. The van der Waals surface area contributed by atoms with E-state index in [4.69, 9.17) is 14.2 Å². The first-order valence-corrected chi connectivity index (χ1v) is 10.0. The van der Waals surface area contributed by atoms with Gasteiger partial charge in [0.25, 0.3) is 5.56 Å². The van der Waals surface area contributed by atoms with Crippen molar-refractivity contribution in [1.82, 2.24) is 14.5 Å². The molecule has 0 N–H and O–H groups in total. The highest BCUT2D eigenvalue weighted by atomic mass is 16.5. The van der Waals surface area contributed by atoms with E-state index in [1.807, 2.05) is 4.90 Å². The second-order valence-electron chi connectivity index (χ2n) is 7.94. The minimum atomic E-state index is -0.147. The molecule has 0 aliphatic carbocycles. The third-order valence-corrected chi connectivity index (χ3v) is 6.10. The van der Waals surface area contributed by atoms with Gasteiger partial charge in [-0.05, 0) is 25.3 Å². The maximum atomic E-state index is 12.8. The van der Waals surface area contributed by atoms with Gasteiger partial charge in [-0.3, -0.25) is 14.2 Å². The van der Waals surface area contributed by atoms with Gasteiger partial charge in [-0.1, -0.05) is 0 Å². The van der Waals surface area contributed by atoms with Crippen LogP contribution in [0.15, 0.2) is 23.3 Å². The fraction of sp³-hybridized carbons (Fsp3) is 0.571. The Labute approximate surface area is 169 Å². The van der Waals surface area contributed by atoms with Crippen molar-refractivity contribution in [2.45, 2.75) is 32.2 Å². The SMILES string of the molecule is COc1cc2ncn(CCCC(=O)N3CCC4(CCOC4)C3)c(=O)c2cc1OC. The minimum absolute atomic E-state index is 0.147. The number of amides is 1. The fourth-order valence-corrected chi connectivity index (χ4v) is 4.32. The van der Waals surface area contributed by atoms with E-state index in [2.05, 4.69) is 4.98 Å². The van der Waals surface area contributed by atoms with Crippen LogP contribution in [0.5, 0.6) is 11.5 Å². The van der Waals surface area contributed by atoms with Crippen LogP contribution in [0, 0.1) is 5.41 Å². The Morgan fingerprint density at radius 2 is 2.03 bits per heavy atom. The third kappa shape index (κ3) is 3.81. The molecular formula is C21H27N3O5. The molecule has 1 aromatic carbocycles. The molecule has 1 spiro atoms. The molecule has 156 valence electrons. The van der Waals surface area contributed by atoms with Gasteiger partial charge in [0, 0.05) is 44.1 Å². The number of fused-ring (bicyclic) bond motifs is 1. The fourth-order valence-electron chi connectivity index (χ4n) is 4.32. The Morgan fingerprint density at radius 3 is 2.76 bits per heavy atom. The first-order valence-electron chi connectivity index (χ1n) is 10.0. The second-order valence-corrected chi connectivity index (χ2v) is 7.94. The van der Waals surface area contributed by atoms with Crippen LogP contribution in [0.25, 0.3) is 10.9 Å². The number of nitrogens with zero attached hydrogens (tertiary/aromatic N) is 3. The summed E-state index contributed by atoms with van der Waals surface area (Å²) in [5, 5.41) is 0.471. The summed E-state index contributed by atoms with van der Waals surface area (Å²) < 4.78 is 17.6. The van der Waals surface area contributed by atoms with Gasteiger partial charge in [-0.15, -0.1) is 0 Å². The summed E-state index contributed by atoms with van der Waals surface area (Å²) in [4.78, 5) is 31.7. The van der Waals surface area contributed by atoms with Gasteiger partial charge in [-0.2, -0.15) is 0 Å². The Kier molecular flexibility index (Phi) is 5.45. The van der Waals surface area contributed by atoms with Crippen molar-refractivity contribution in [2.24, 2.45) is 5.41 Å². The maximum Gasteiger partial charge on any atom is 0.261 e. The van der Waals surface area contributed by atoms with Crippen LogP contribution in [0.3, 0.4) is 0 Å². The van der Waals surface area contributed by atoms with E-state index in [1.54, 1.807) is 23.8 Å². The lowest BCUT2D eigenvalue weighted by atomic mass is 9.87. The first kappa shape index (κ1) is 19.7. The van der Waals surface area contributed by atoms with Gasteiger partial charge < -0.3 is 19.1 Å². The Hall–Kier alpha value is -2.61. The summed E-state index contributed by atoms with van der Waals surface area (Å²) in [5.74, 6) is 1.18. The van der Waals surface area contributed by atoms with Crippen molar-refractivity contribution in [3.05, 3.63) is 28.8 Å². The van der Waals surface area contributed by atoms with Gasteiger partial charge >= 0.3 is 0 Å². The summed E-state index contributed by atoms with van der Waals surface area (Å²) >= 11 is 0. The lowest BCUT2D eigenvalue weighted by molar-refractivity contribution is -0.130. The Bertz CT molecular complexity index is 965. The van der Waals surface area contributed by atoms with E-state index < -0.39 is 0 Å². The van der Waals surface area contributed by atoms with Crippen LogP contribution < -0.4 is 15.0 Å². The third-order valence-electron chi connectivity index (χ3n) is 6.10. The van der Waals surface area contributed by atoms with E-state index in [0.29, 0.717) is 41.8 Å². The van der Waals surface area contributed by atoms with Crippen LogP contribution in [0.4, 0.5) is 0 Å². The Balaban J connectivity index is 1.40. The normalized spacial score (nSPS) is 21.2. The zero-order valence-electron chi connectivity index (χ0n) is 17.0. The lowest BCUT2D eigenvalue weighted by Gasteiger charge is -2.22. The summed E-state index contributed by atoms with van der Waals surface area (Å²) in [6.07, 6.45) is 4.62. The van der Waals surface area contributed by atoms with Crippen LogP contribution in [-0.2, 0) is 16.1 Å². The monoisotopic (exact) mass is 401 g/mol. The zero-order valence-corrected chi connectivity index (χ0v) is 17.0. The number of hydrogen-bond donors (Lipinski definition) is 0. The number of ether oxygens (including phenoxy) is 3. The van der Waals surface area contributed by atoms with Crippen LogP contribution >= 0.6 is 0 Å². The van der Waals surface area contributed by atoms with Crippen molar-refractivity contribution >= 4 is 16.8 Å². The molecule has 2 fully saturated rings. The topological polar surface area (TPSA) is 82.9 Å². The maximum absolute atomic E-state index is 12.8. The number of aryl methyl sites for hydroxylation is 1. The molecule has 2 aliphatic rings. The molecule has 0 radical (unpaired) electrons. The average Bonchev–Trinajstić information content (AvgIpc) is 3.38.